The highest BCUT2D eigenvalue weighted by molar-refractivity contribution is 7.99. The zero-order valence-electron chi connectivity index (χ0n) is 13.1. The number of nitrogens with zero attached hydrogens (tertiary/aromatic N) is 1. The Labute approximate surface area is 144 Å². The molecule has 0 atom stereocenters. The Morgan fingerprint density at radius 3 is 2.54 bits per heavy atom. The van der Waals surface area contributed by atoms with Crippen LogP contribution >= 0.6 is 11.8 Å². The van der Waals surface area contributed by atoms with Gasteiger partial charge in [0.05, 0.1) is 17.2 Å². The van der Waals surface area contributed by atoms with E-state index in [1.807, 2.05) is 25.1 Å². The van der Waals surface area contributed by atoms with Crippen molar-refractivity contribution < 1.29 is 14.3 Å². The Balaban J connectivity index is 1.91. The van der Waals surface area contributed by atoms with E-state index in [1.165, 1.54) is 0 Å². The average Bonchev–Trinajstić information content (AvgIpc) is 2.61. The van der Waals surface area contributed by atoms with E-state index in [9.17, 15) is 9.59 Å². The van der Waals surface area contributed by atoms with Crippen LogP contribution in [0.1, 0.15) is 22.8 Å². The molecule has 0 bridgehead atoms. The molecule has 0 spiro atoms. The van der Waals surface area contributed by atoms with Crippen LogP contribution in [0.4, 0.5) is 5.69 Å². The van der Waals surface area contributed by atoms with Gasteiger partial charge in [-0.15, -0.1) is 11.8 Å². The molecular formula is C18H16N2O3S. The maximum absolute atomic E-state index is 12.1. The normalized spacial score (nSPS) is 9.83. The summed E-state index contributed by atoms with van der Waals surface area (Å²) >= 11 is 1.54. The number of carbonyl (C=O) groups excluding carboxylic acids is 2. The van der Waals surface area contributed by atoms with Crippen molar-refractivity contribution >= 4 is 29.3 Å². The number of esters is 1. The topological polar surface area (TPSA) is 79.2 Å². The molecule has 0 saturated carbocycles. The number of carbonyl (C=O) groups is 2. The summed E-state index contributed by atoms with van der Waals surface area (Å²) in [6, 6.07) is 15.6. The minimum atomic E-state index is -0.526. The molecule has 24 heavy (non-hydrogen) atoms. The van der Waals surface area contributed by atoms with Crippen LogP contribution in [-0.2, 0) is 9.53 Å². The van der Waals surface area contributed by atoms with Crippen molar-refractivity contribution in [2.45, 2.75) is 11.8 Å². The fraction of sp³-hybridized carbons (Fsp3) is 0.167. The number of amides is 1. The van der Waals surface area contributed by atoms with Gasteiger partial charge in [-0.1, -0.05) is 19.1 Å². The zero-order chi connectivity index (χ0) is 17.4. The smallest absolute Gasteiger partial charge is 0.339 e. The highest BCUT2D eigenvalue weighted by atomic mass is 32.2. The first-order chi connectivity index (χ1) is 11.6. The number of hydrogen-bond donors (Lipinski definition) is 1. The highest BCUT2D eigenvalue weighted by Gasteiger charge is 2.14. The number of benzene rings is 2. The summed E-state index contributed by atoms with van der Waals surface area (Å²) in [5.41, 5.74) is 1.50. The molecule has 0 aliphatic heterocycles. The van der Waals surface area contributed by atoms with Gasteiger partial charge in [0, 0.05) is 10.6 Å². The van der Waals surface area contributed by atoms with E-state index in [1.54, 1.807) is 48.2 Å². The van der Waals surface area contributed by atoms with Crippen LogP contribution in [0.5, 0.6) is 0 Å². The van der Waals surface area contributed by atoms with Crippen molar-refractivity contribution in [3.05, 3.63) is 59.7 Å². The number of hydrogen-bond acceptors (Lipinski definition) is 5. The van der Waals surface area contributed by atoms with Crippen molar-refractivity contribution in [3.63, 3.8) is 0 Å². The van der Waals surface area contributed by atoms with Crippen molar-refractivity contribution in [2.24, 2.45) is 0 Å². The first-order valence-corrected chi connectivity index (χ1v) is 8.31. The van der Waals surface area contributed by atoms with E-state index < -0.39 is 11.9 Å². The fourth-order valence-electron chi connectivity index (χ4n) is 1.95. The van der Waals surface area contributed by atoms with Gasteiger partial charge >= 0.3 is 5.97 Å². The van der Waals surface area contributed by atoms with Crippen LogP contribution in [0.15, 0.2) is 53.4 Å². The first kappa shape index (κ1) is 17.6. The number of nitrogens with one attached hydrogen (secondary N) is 1. The summed E-state index contributed by atoms with van der Waals surface area (Å²) in [6.07, 6.45) is 0. The lowest BCUT2D eigenvalue weighted by molar-refractivity contribution is -0.119. The molecule has 0 aliphatic rings. The van der Waals surface area contributed by atoms with Gasteiger partial charge in [0.25, 0.3) is 5.91 Å². The number of nitriles is 1. The quantitative estimate of drug-likeness (QED) is 0.643. The van der Waals surface area contributed by atoms with Gasteiger partial charge in [-0.3, -0.25) is 4.79 Å². The summed E-state index contributed by atoms with van der Waals surface area (Å²) in [5, 5.41) is 11.3. The molecule has 0 unspecified atom stereocenters. The van der Waals surface area contributed by atoms with Crippen LogP contribution in [0.2, 0.25) is 0 Å². The van der Waals surface area contributed by atoms with Gasteiger partial charge in [0.2, 0.25) is 0 Å². The van der Waals surface area contributed by atoms with Gasteiger partial charge < -0.3 is 10.1 Å². The van der Waals surface area contributed by atoms with Gasteiger partial charge in [0.1, 0.15) is 0 Å². The Morgan fingerprint density at radius 1 is 1.17 bits per heavy atom. The van der Waals surface area contributed by atoms with Gasteiger partial charge in [0.15, 0.2) is 6.61 Å². The minimum Gasteiger partial charge on any atom is -0.452 e. The molecule has 0 radical (unpaired) electrons. The van der Waals surface area contributed by atoms with E-state index in [0.717, 1.165) is 10.6 Å². The summed E-state index contributed by atoms with van der Waals surface area (Å²) in [7, 11) is 0. The van der Waals surface area contributed by atoms with E-state index in [2.05, 4.69) is 5.32 Å². The third kappa shape index (κ3) is 4.86. The van der Waals surface area contributed by atoms with Crippen LogP contribution in [-0.4, -0.2) is 24.2 Å². The molecule has 0 heterocycles. The molecule has 2 aromatic carbocycles. The molecule has 122 valence electrons. The largest absolute Gasteiger partial charge is 0.452 e. The number of anilines is 1. The zero-order valence-corrected chi connectivity index (χ0v) is 13.9. The second kappa shape index (κ2) is 8.75. The molecule has 2 aromatic rings. The Hall–Kier alpha value is -2.78. The SMILES string of the molecule is CCSc1ccccc1C(=O)OCC(=O)Nc1ccc(C#N)cc1. The van der Waals surface area contributed by atoms with Crippen LogP contribution in [0.3, 0.4) is 0 Å². The number of thioether (sulfide) groups is 1. The molecule has 0 aliphatic carbocycles. The van der Waals surface area contributed by atoms with Crippen LogP contribution in [0, 0.1) is 11.3 Å². The van der Waals surface area contributed by atoms with E-state index in [4.69, 9.17) is 10.00 Å². The first-order valence-electron chi connectivity index (χ1n) is 7.33. The maximum atomic E-state index is 12.1. The van der Waals surface area contributed by atoms with E-state index in [-0.39, 0.29) is 6.61 Å². The third-order valence-corrected chi connectivity index (χ3v) is 3.99. The monoisotopic (exact) mass is 340 g/mol. The van der Waals surface area contributed by atoms with Crippen LogP contribution < -0.4 is 5.32 Å². The lowest BCUT2D eigenvalue weighted by Crippen LogP contribution is -2.21. The third-order valence-electron chi connectivity index (χ3n) is 3.04. The van der Waals surface area contributed by atoms with E-state index in [0.29, 0.717) is 16.8 Å². The lowest BCUT2D eigenvalue weighted by Gasteiger charge is -2.09. The van der Waals surface area contributed by atoms with Crippen molar-refractivity contribution in [3.8, 4) is 6.07 Å². The Bertz CT molecular complexity index is 767. The Morgan fingerprint density at radius 2 is 1.88 bits per heavy atom. The summed E-state index contributed by atoms with van der Waals surface area (Å²) in [5.74, 6) is -0.126. The molecule has 0 saturated heterocycles. The summed E-state index contributed by atoms with van der Waals surface area (Å²) in [6.45, 7) is 1.63. The molecule has 2 rings (SSSR count). The van der Waals surface area contributed by atoms with E-state index >= 15 is 0 Å². The number of ether oxygens (including phenoxy) is 1. The van der Waals surface area contributed by atoms with Gasteiger partial charge in [-0.25, -0.2) is 4.79 Å². The standard InChI is InChI=1S/C18H16N2O3S/c1-2-24-16-6-4-3-5-15(16)18(22)23-12-17(21)20-14-9-7-13(11-19)8-10-14/h3-10H,2,12H2,1H3,(H,20,21). The molecule has 0 aromatic heterocycles. The molecule has 1 amide bonds. The molecule has 5 nitrogen and oxygen atoms in total. The lowest BCUT2D eigenvalue weighted by atomic mass is 10.2. The average molecular weight is 340 g/mol. The molecule has 0 fully saturated rings. The molecular weight excluding hydrogens is 324 g/mol. The summed E-state index contributed by atoms with van der Waals surface area (Å²) < 4.78 is 5.08. The van der Waals surface area contributed by atoms with Gasteiger partial charge in [-0.05, 0) is 42.2 Å². The summed E-state index contributed by atoms with van der Waals surface area (Å²) in [4.78, 5) is 24.8. The Kier molecular flexibility index (Phi) is 6.41. The predicted octanol–water partition coefficient (Wildman–Crippen LogP) is 3.47. The fourth-order valence-corrected chi connectivity index (χ4v) is 2.74. The van der Waals surface area contributed by atoms with Crippen molar-refractivity contribution in [2.75, 3.05) is 17.7 Å². The van der Waals surface area contributed by atoms with Gasteiger partial charge in [-0.2, -0.15) is 5.26 Å². The second-order valence-corrected chi connectivity index (χ2v) is 6.05. The predicted molar refractivity (Wildman–Crippen MR) is 92.9 cm³/mol. The minimum absolute atomic E-state index is 0.371. The van der Waals surface area contributed by atoms with Crippen molar-refractivity contribution in [1.82, 2.24) is 0 Å². The number of rotatable bonds is 6. The highest BCUT2D eigenvalue weighted by Crippen LogP contribution is 2.22. The van der Waals surface area contributed by atoms with Crippen LogP contribution in [0.25, 0.3) is 0 Å². The second-order valence-electron chi connectivity index (χ2n) is 4.74. The molecule has 6 heteroatoms. The molecule has 1 N–H and O–H groups in total. The van der Waals surface area contributed by atoms with Crippen molar-refractivity contribution in [1.29, 1.82) is 5.26 Å². The maximum Gasteiger partial charge on any atom is 0.339 e.